The van der Waals surface area contributed by atoms with Gasteiger partial charge in [-0.05, 0) is 56.0 Å². The Morgan fingerprint density at radius 2 is 1.94 bits per heavy atom. The van der Waals surface area contributed by atoms with Gasteiger partial charge < -0.3 is 14.2 Å². The molecule has 0 saturated carbocycles. The van der Waals surface area contributed by atoms with Crippen molar-refractivity contribution in [2.45, 2.75) is 40.3 Å². The molecular weight excluding hydrogens is 454 g/mol. The predicted octanol–water partition coefficient (Wildman–Crippen LogP) is 3.80. The number of nitriles is 1. The maximum atomic E-state index is 13.8. The average molecular weight is 482 g/mol. The van der Waals surface area contributed by atoms with E-state index in [-0.39, 0.29) is 5.91 Å². The van der Waals surface area contributed by atoms with E-state index in [0.29, 0.717) is 48.8 Å². The fraction of sp³-hybridized carbons (Fsp3) is 0.296. The molecule has 5 rings (SSSR count). The van der Waals surface area contributed by atoms with Gasteiger partial charge in [-0.2, -0.15) is 10.4 Å². The zero-order valence-electron chi connectivity index (χ0n) is 20.6. The minimum Gasteiger partial charge on any atom is -0.492 e. The Labute approximate surface area is 209 Å². The van der Waals surface area contributed by atoms with Crippen molar-refractivity contribution < 1.29 is 9.53 Å². The third kappa shape index (κ3) is 4.33. The van der Waals surface area contributed by atoms with Crippen molar-refractivity contribution in [1.29, 1.82) is 5.26 Å². The molecule has 3 aromatic heterocycles. The summed E-state index contributed by atoms with van der Waals surface area (Å²) in [4.78, 5) is 24.3. The van der Waals surface area contributed by atoms with Gasteiger partial charge in [-0.25, -0.2) is 4.98 Å². The number of carbonyl (C=O) groups excluding carboxylic acids is 1. The van der Waals surface area contributed by atoms with Crippen molar-refractivity contribution in [1.82, 2.24) is 29.6 Å². The molecule has 9 nitrogen and oxygen atoms in total. The summed E-state index contributed by atoms with van der Waals surface area (Å²) in [6, 6.07) is 8.02. The van der Waals surface area contributed by atoms with E-state index in [9.17, 15) is 10.1 Å². The Balaban J connectivity index is 1.51. The third-order valence-corrected chi connectivity index (χ3v) is 6.55. The number of fused-ring (bicyclic) bond motifs is 1. The molecule has 0 atom stereocenters. The first kappa shape index (κ1) is 23.3. The number of aryl methyl sites for hydroxylation is 2. The number of hydrogen-bond donors (Lipinski definition) is 1. The van der Waals surface area contributed by atoms with E-state index in [4.69, 9.17) is 4.74 Å². The van der Waals surface area contributed by atoms with Crippen molar-refractivity contribution in [3.63, 3.8) is 0 Å². The molecule has 1 aromatic carbocycles. The smallest absolute Gasteiger partial charge is 0.254 e. The Bertz CT molecular complexity index is 1480. The van der Waals surface area contributed by atoms with E-state index in [1.54, 1.807) is 12.3 Å². The van der Waals surface area contributed by atoms with Crippen LogP contribution in [0.5, 0.6) is 5.75 Å². The topological polar surface area (TPSA) is 113 Å². The molecule has 0 aliphatic carbocycles. The van der Waals surface area contributed by atoms with Crippen molar-refractivity contribution in [2.24, 2.45) is 0 Å². The number of nitrogens with zero attached hydrogens (tertiary/aromatic N) is 6. The zero-order valence-corrected chi connectivity index (χ0v) is 20.6. The first-order chi connectivity index (χ1) is 17.5. The number of hydrogen-bond acceptors (Lipinski definition) is 6. The predicted molar refractivity (Wildman–Crippen MR) is 133 cm³/mol. The van der Waals surface area contributed by atoms with Crippen molar-refractivity contribution in [3.05, 3.63) is 82.5 Å². The van der Waals surface area contributed by atoms with Crippen LogP contribution in [-0.2, 0) is 19.5 Å². The number of nitrogens with one attached hydrogen (secondary N) is 1. The van der Waals surface area contributed by atoms with Gasteiger partial charge in [-0.1, -0.05) is 0 Å². The van der Waals surface area contributed by atoms with Crippen LogP contribution in [0.25, 0.3) is 11.1 Å². The highest BCUT2D eigenvalue weighted by Crippen LogP contribution is 2.34. The highest BCUT2D eigenvalue weighted by atomic mass is 16.5. The number of pyridine rings is 1. The largest absolute Gasteiger partial charge is 0.492 e. The van der Waals surface area contributed by atoms with Crippen LogP contribution in [0, 0.1) is 25.2 Å². The number of carbonyl (C=O) groups is 1. The van der Waals surface area contributed by atoms with E-state index in [0.717, 1.165) is 40.2 Å². The van der Waals surface area contributed by atoms with E-state index >= 15 is 0 Å². The molecule has 0 bridgehead atoms. The van der Waals surface area contributed by atoms with E-state index in [1.165, 1.54) is 6.20 Å². The van der Waals surface area contributed by atoms with Gasteiger partial charge in [0.1, 0.15) is 23.2 Å². The highest BCUT2D eigenvalue weighted by molar-refractivity contribution is 5.99. The van der Waals surface area contributed by atoms with Gasteiger partial charge in [-0.3, -0.25) is 14.9 Å². The Hall–Kier alpha value is -4.45. The number of amides is 1. The van der Waals surface area contributed by atoms with Gasteiger partial charge in [-0.15, -0.1) is 0 Å². The summed E-state index contributed by atoms with van der Waals surface area (Å²) >= 11 is 0. The first-order valence-electron chi connectivity index (χ1n) is 11.9. The molecule has 36 heavy (non-hydrogen) atoms. The summed E-state index contributed by atoms with van der Waals surface area (Å²) in [6.07, 6.45) is 7.78. The first-order valence-corrected chi connectivity index (χ1v) is 11.9. The number of ether oxygens (including phenoxy) is 1. The minimum absolute atomic E-state index is 0.0352. The lowest BCUT2D eigenvalue weighted by molar-refractivity contribution is 0.0724. The molecule has 1 aliphatic heterocycles. The summed E-state index contributed by atoms with van der Waals surface area (Å²) in [5.74, 6) is 1.37. The van der Waals surface area contributed by atoms with Gasteiger partial charge in [0.2, 0.25) is 0 Å². The summed E-state index contributed by atoms with van der Waals surface area (Å²) in [5.41, 5.74) is 6.84. The average Bonchev–Trinajstić information content (AvgIpc) is 3.48. The highest BCUT2D eigenvalue weighted by Gasteiger charge is 2.28. The summed E-state index contributed by atoms with van der Waals surface area (Å²) in [7, 11) is 0. The Morgan fingerprint density at radius 3 is 2.64 bits per heavy atom. The fourth-order valence-electron chi connectivity index (χ4n) is 4.70. The van der Waals surface area contributed by atoms with Gasteiger partial charge >= 0.3 is 0 Å². The van der Waals surface area contributed by atoms with Crippen LogP contribution < -0.4 is 4.74 Å². The lowest BCUT2D eigenvalue weighted by Gasteiger charge is -2.30. The second-order valence-corrected chi connectivity index (χ2v) is 8.87. The summed E-state index contributed by atoms with van der Waals surface area (Å²) < 4.78 is 7.67. The van der Waals surface area contributed by atoms with Gasteiger partial charge in [0, 0.05) is 54.6 Å². The van der Waals surface area contributed by atoms with Crippen LogP contribution in [0.1, 0.15) is 51.2 Å². The van der Waals surface area contributed by atoms with E-state index in [1.807, 2.05) is 44.1 Å². The molecule has 0 spiro atoms. The number of aromatic amines is 1. The standard InChI is InChI=1S/C27H27N7O2/c1-4-36-26-11-21(30-13-20(26)12-28)16-34-7-5-22-23(25-14-31-32-17(25)2)9-19(10-24(22)27(34)35)15-33-8-6-29-18(33)3/h6,8-11,13-14H,4-5,7,15-16H2,1-3H3,(H,31,32). The SMILES string of the molecule is CCOc1cc(CN2CCc3c(cc(Cn4ccnc4C)cc3-c3cn[nH]c3C)C2=O)ncc1C#N. The van der Waals surface area contributed by atoms with Crippen LogP contribution >= 0.6 is 0 Å². The van der Waals surface area contributed by atoms with Crippen molar-refractivity contribution in [3.8, 4) is 22.9 Å². The molecule has 0 unspecified atom stereocenters. The van der Waals surface area contributed by atoms with Crippen LogP contribution in [0.2, 0.25) is 0 Å². The molecule has 4 aromatic rings. The van der Waals surface area contributed by atoms with Crippen LogP contribution in [0.3, 0.4) is 0 Å². The number of benzene rings is 1. The number of H-pyrrole nitrogens is 1. The fourth-order valence-corrected chi connectivity index (χ4v) is 4.70. The molecule has 182 valence electrons. The van der Waals surface area contributed by atoms with E-state index < -0.39 is 0 Å². The van der Waals surface area contributed by atoms with Crippen molar-refractivity contribution in [2.75, 3.05) is 13.2 Å². The lowest BCUT2D eigenvalue weighted by atomic mass is 9.88. The molecule has 0 radical (unpaired) electrons. The second-order valence-electron chi connectivity index (χ2n) is 8.87. The minimum atomic E-state index is -0.0352. The third-order valence-electron chi connectivity index (χ3n) is 6.55. The molecule has 1 aliphatic rings. The van der Waals surface area contributed by atoms with Gasteiger partial charge in [0.25, 0.3) is 5.91 Å². The molecular formula is C27H27N7O2. The van der Waals surface area contributed by atoms with Crippen LogP contribution in [0.15, 0.2) is 43.0 Å². The van der Waals surface area contributed by atoms with Crippen LogP contribution in [-0.4, -0.2) is 48.7 Å². The molecule has 0 saturated heterocycles. The zero-order chi connectivity index (χ0) is 25.2. The normalized spacial score (nSPS) is 12.9. The van der Waals surface area contributed by atoms with E-state index in [2.05, 4.69) is 36.9 Å². The Kier molecular flexibility index (Phi) is 6.25. The van der Waals surface area contributed by atoms with Gasteiger partial charge in [0.15, 0.2) is 0 Å². The lowest BCUT2D eigenvalue weighted by Crippen LogP contribution is -2.37. The molecule has 1 amide bonds. The number of imidazole rings is 1. The quantitative estimate of drug-likeness (QED) is 0.430. The van der Waals surface area contributed by atoms with Crippen molar-refractivity contribution >= 4 is 5.91 Å². The monoisotopic (exact) mass is 481 g/mol. The second kappa shape index (κ2) is 9.66. The Morgan fingerprint density at radius 1 is 1.11 bits per heavy atom. The van der Waals surface area contributed by atoms with Crippen LogP contribution in [0.4, 0.5) is 0 Å². The van der Waals surface area contributed by atoms with Gasteiger partial charge in [0.05, 0.1) is 25.0 Å². The molecule has 0 fully saturated rings. The summed E-state index contributed by atoms with van der Waals surface area (Å²) in [6.45, 7) is 7.80. The number of rotatable bonds is 7. The molecule has 9 heteroatoms. The maximum absolute atomic E-state index is 13.8. The summed E-state index contributed by atoms with van der Waals surface area (Å²) in [5, 5.41) is 16.6. The molecule has 1 N–H and O–H groups in total. The maximum Gasteiger partial charge on any atom is 0.254 e. The molecule has 4 heterocycles. The number of aromatic nitrogens is 5.